The lowest BCUT2D eigenvalue weighted by atomic mass is 10.2. The number of aryl methyl sites for hydroxylation is 2. The van der Waals surface area contributed by atoms with Crippen LogP contribution in [0.15, 0.2) is 23.2 Å². The Morgan fingerprint density at radius 2 is 2.05 bits per heavy atom. The molecule has 0 spiro atoms. The van der Waals surface area contributed by atoms with Gasteiger partial charge in [0.2, 0.25) is 10.0 Å². The first-order valence-electron chi connectivity index (χ1n) is 6.21. The molecule has 1 aromatic heterocycles. The Balaban J connectivity index is 2.32. The monoisotopic (exact) mass is 329 g/mol. The molecule has 3 N–H and O–H groups in total. The number of hydrogen-bond donors (Lipinski definition) is 2. The number of benzene rings is 1. The lowest BCUT2D eigenvalue weighted by Crippen LogP contribution is -2.27. The zero-order valence-corrected chi connectivity index (χ0v) is 13.5. The van der Waals surface area contributed by atoms with Crippen molar-refractivity contribution in [2.75, 3.05) is 5.73 Å². The molecule has 114 valence electrons. The molecule has 21 heavy (non-hydrogen) atoms. The van der Waals surface area contributed by atoms with Gasteiger partial charge in [0.05, 0.1) is 16.6 Å². The maximum Gasteiger partial charge on any atom is 0.241 e. The van der Waals surface area contributed by atoms with E-state index in [1.807, 2.05) is 6.92 Å². The van der Waals surface area contributed by atoms with E-state index < -0.39 is 21.9 Å². The fourth-order valence-corrected chi connectivity index (χ4v) is 4.20. The Hall–Kier alpha value is -1.51. The van der Waals surface area contributed by atoms with Crippen molar-refractivity contribution in [1.82, 2.24) is 9.71 Å². The van der Waals surface area contributed by atoms with Gasteiger partial charge in [-0.25, -0.2) is 22.5 Å². The summed E-state index contributed by atoms with van der Waals surface area (Å²) in [6.45, 7) is 5.13. The SMILES string of the molecule is Cc1cnc(C(C)NS(=O)(=O)c2cc(N)c(F)cc2C)s1. The van der Waals surface area contributed by atoms with Crippen LogP contribution in [0, 0.1) is 19.7 Å². The molecule has 2 aromatic rings. The highest BCUT2D eigenvalue weighted by Gasteiger charge is 2.23. The Labute approximate surface area is 127 Å². The third-order valence-corrected chi connectivity index (χ3v) is 5.70. The molecule has 0 radical (unpaired) electrons. The number of anilines is 1. The van der Waals surface area contributed by atoms with Gasteiger partial charge in [0.1, 0.15) is 10.8 Å². The highest BCUT2D eigenvalue weighted by Crippen LogP contribution is 2.25. The van der Waals surface area contributed by atoms with Crippen LogP contribution in [0.4, 0.5) is 10.1 Å². The first-order chi connectivity index (χ1) is 9.70. The minimum Gasteiger partial charge on any atom is -0.396 e. The first-order valence-corrected chi connectivity index (χ1v) is 8.51. The summed E-state index contributed by atoms with van der Waals surface area (Å²) >= 11 is 1.42. The van der Waals surface area contributed by atoms with Crippen molar-refractivity contribution in [2.45, 2.75) is 31.7 Å². The van der Waals surface area contributed by atoms with Crippen LogP contribution in [-0.4, -0.2) is 13.4 Å². The number of rotatable bonds is 4. The molecule has 1 unspecified atom stereocenters. The number of sulfonamides is 1. The van der Waals surface area contributed by atoms with Gasteiger partial charge in [-0.05, 0) is 38.5 Å². The number of nitrogens with two attached hydrogens (primary N) is 1. The number of nitrogen functional groups attached to an aromatic ring is 1. The number of hydrogen-bond acceptors (Lipinski definition) is 5. The molecule has 0 aliphatic rings. The van der Waals surface area contributed by atoms with Crippen molar-refractivity contribution in [3.63, 3.8) is 0 Å². The number of aromatic nitrogens is 1. The Kier molecular flexibility index (Phi) is 4.31. The van der Waals surface area contributed by atoms with Crippen molar-refractivity contribution in [2.24, 2.45) is 0 Å². The lowest BCUT2D eigenvalue weighted by molar-refractivity contribution is 0.565. The van der Waals surface area contributed by atoms with Crippen molar-refractivity contribution < 1.29 is 12.8 Å². The van der Waals surface area contributed by atoms with Gasteiger partial charge in [0, 0.05) is 11.1 Å². The maximum absolute atomic E-state index is 13.3. The predicted molar refractivity (Wildman–Crippen MR) is 81.1 cm³/mol. The summed E-state index contributed by atoms with van der Waals surface area (Å²) in [5.74, 6) is -0.630. The summed E-state index contributed by atoms with van der Waals surface area (Å²) in [7, 11) is -3.80. The second-order valence-corrected chi connectivity index (χ2v) is 7.74. The summed E-state index contributed by atoms with van der Waals surface area (Å²) in [5, 5.41) is 0.670. The van der Waals surface area contributed by atoms with E-state index in [-0.39, 0.29) is 10.6 Å². The molecule has 0 saturated heterocycles. The van der Waals surface area contributed by atoms with Crippen LogP contribution in [0.3, 0.4) is 0 Å². The van der Waals surface area contributed by atoms with Crippen LogP contribution in [0.2, 0.25) is 0 Å². The molecular formula is C13H16FN3O2S2. The molecule has 0 aliphatic heterocycles. The third kappa shape index (κ3) is 3.39. The molecule has 0 aliphatic carbocycles. The van der Waals surface area contributed by atoms with Gasteiger partial charge in [0.25, 0.3) is 0 Å². The van der Waals surface area contributed by atoms with Crippen LogP contribution in [0.5, 0.6) is 0 Å². The largest absolute Gasteiger partial charge is 0.396 e. The van der Waals surface area contributed by atoms with E-state index in [9.17, 15) is 12.8 Å². The van der Waals surface area contributed by atoms with Crippen LogP contribution in [-0.2, 0) is 10.0 Å². The molecule has 5 nitrogen and oxygen atoms in total. The summed E-state index contributed by atoms with van der Waals surface area (Å²) in [5.41, 5.74) is 5.56. The van der Waals surface area contributed by atoms with E-state index in [1.54, 1.807) is 13.1 Å². The average Bonchev–Trinajstić information content (AvgIpc) is 2.80. The molecule has 1 aromatic carbocycles. The molecule has 1 heterocycles. The maximum atomic E-state index is 13.3. The molecule has 8 heteroatoms. The van der Waals surface area contributed by atoms with Crippen molar-refractivity contribution >= 4 is 27.0 Å². The minimum absolute atomic E-state index is 0.0264. The van der Waals surface area contributed by atoms with Gasteiger partial charge in [-0.2, -0.15) is 0 Å². The van der Waals surface area contributed by atoms with Crippen LogP contribution in [0.1, 0.15) is 28.4 Å². The summed E-state index contributed by atoms with van der Waals surface area (Å²) in [6.07, 6.45) is 1.69. The van der Waals surface area contributed by atoms with Gasteiger partial charge >= 0.3 is 0 Å². The summed E-state index contributed by atoms with van der Waals surface area (Å²) in [4.78, 5) is 5.13. The molecule has 0 fully saturated rings. The standard InChI is InChI=1S/C13H16FN3O2S2/c1-7-4-10(14)11(15)5-12(7)21(18,19)17-9(3)13-16-6-8(2)20-13/h4-6,9,17H,15H2,1-3H3. The first kappa shape index (κ1) is 15.9. The van der Waals surface area contributed by atoms with Crippen LogP contribution in [0.25, 0.3) is 0 Å². The van der Waals surface area contributed by atoms with Gasteiger partial charge < -0.3 is 5.73 Å². The highest BCUT2D eigenvalue weighted by atomic mass is 32.2. The average molecular weight is 329 g/mol. The van der Waals surface area contributed by atoms with Gasteiger partial charge in [-0.1, -0.05) is 0 Å². The molecule has 0 saturated carbocycles. The molecule has 0 amide bonds. The quantitative estimate of drug-likeness (QED) is 0.844. The van der Waals surface area contributed by atoms with Gasteiger partial charge in [0.15, 0.2) is 0 Å². The van der Waals surface area contributed by atoms with Crippen molar-refractivity contribution in [3.05, 3.63) is 39.6 Å². The Morgan fingerprint density at radius 1 is 1.38 bits per heavy atom. The second kappa shape index (κ2) is 5.70. The molecule has 2 rings (SSSR count). The van der Waals surface area contributed by atoms with E-state index in [4.69, 9.17) is 5.73 Å². The minimum atomic E-state index is -3.80. The van der Waals surface area contributed by atoms with E-state index in [0.29, 0.717) is 10.6 Å². The van der Waals surface area contributed by atoms with E-state index >= 15 is 0 Å². The van der Waals surface area contributed by atoms with E-state index in [0.717, 1.165) is 17.0 Å². The Morgan fingerprint density at radius 3 is 2.62 bits per heavy atom. The fraction of sp³-hybridized carbons (Fsp3) is 0.308. The van der Waals surface area contributed by atoms with Crippen molar-refractivity contribution in [3.8, 4) is 0 Å². The number of thiazole rings is 1. The van der Waals surface area contributed by atoms with Crippen LogP contribution < -0.4 is 10.5 Å². The summed E-state index contributed by atoms with van der Waals surface area (Å²) < 4.78 is 40.7. The topological polar surface area (TPSA) is 85.1 Å². The number of nitrogens with one attached hydrogen (secondary N) is 1. The fourth-order valence-electron chi connectivity index (χ4n) is 1.88. The van der Waals surface area contributed by atoms with E-state index in [1.165, 1.54) is 18.3 Å². The van der Waals surface area contributed by atoms with Crippen molar-refractivity contribution in [1.29, 1.82) is 0 Å². The second-order valence-electron chi connectivity index (χ2n) is 4.79. The zero-order valence-electron chi connectivity index (χ0n) is 11.8. The van der Waals surface area contributed by atoms with Gasteiger partial charge in [-0.3, -0.25) is 0 Å². The number of nitrogens with zero attached hydrogens (tertiary/aromatic N) is 1. The molecule has 1 atom stereocenters. The smallest absolute Gasteiger partial charge is 0.241 e. The normalized spacial score (nSPS) is 13.3. The predicted octanol–water partition coefficient (Wildman–Crippen LogP) is 2.52. The number of halogens is 1. The Bertz CT molecular complexity index is 772. The summed E-state index contributed by atoms with van der Waals surface area (Å²) in [6, 6.07) is 1.77. The third-order valence-electron chi connectivity index (χ3n) is 2.93. The lowest BCUT2D eigenvalue weighted by Gasteiger charge is -2.14. The van der Waals surface area contributed by atoms with Gasteiger partial charge in [-0.15, -0.1) is 11.3 Å². The molecule has 0 bridgehead atoms. The van der Waals surface area contributed by atoms with Crippen LogP contribution >= 0.6 is 11.3 Å². The highest BCUT2D eigenvalue weighted by molar-refractivity contribution is 7.89. The zero-order chi connectivity index (χ0) is 15.8. The van der Waals surface area contributed by atoms with E-state index in [2.05, 4.69) is 9.71 Å². The molecular weight excluding hydrogens is 313 g/mol.